The molecule has 82 valence electrons. The van der Waals surface area contributed by atoms with Crippen molar-refractivity contribution < 1.29 is 9.53 Å². The first-order chi connectivity index (χ1) is 7.72. The van der Waals surface area contributed by atoms with Gasteiger partial charge in [0.25, 0.3) is 5.56 Å². The molecule has 0 aliphatic carbocycles. The average molecular weight is 236 g/mol. The summed E-state index contributed by atoms with van der Waals surface area (Å²) in [4.78, 5) is 29.2. The van der Waals surface area contributed by atoms with Gasteiger partial charge in [0.1, 0.15) is 11.4 Å². The Morgan fingerprint density at radius 3 is 2.94 bits per heavy atom. The Morgan fingerprint density at radius 1 is 1.56 bits per heavy atom. The smallest absolute Gasteiger partial charge is 0.345 e. The maximum Gasteiger partial charge on any atom is 0.345 e. The van der Waals surface area contributed by atoms with E-state index in [0.717, 1.165) is 5.56 Å². The first-order valence-electron chi connectivity index (χ1n) is 4.42. The van der Waals surface area contributed by atoms with Crippen LogP contribution >= 0.6 is 11.3 Å². The van der Waals surface area contributed by atoms with Crippen molar-refractivity contribution in [1.82, 2.24) is 9.97 Å². The molecule has 0 aliphatic heterocycles. The molecule has 2 rings (SSSR count). The Kier molecular flexibility index (Phi) is 2.82. The fraction of sp³-hybridized carbons (Fsp3) is 0.100. The van der Waals surface area contributed by atoms with Crippen LogP contribution in [-0.4, -0.2) is 23.0 Å². The third kappa shape index (κ3) is 1.87. The van der Waals surface area contributed by atoms with Gasteiger partial charge in [-0.2, -0.15) is 11.3 Å². The molecule has 0 aliphatic rings. The molecule has 2 aromatic heterocycles. The van der Waals surface area contributed by atoms with Gasteiger partial charge in [0.05, 0.1) is 7.11 Å². The fourth-order valence-electron chi connectivity index (χ4n) is 1.20. The normalized spacial score (nSPS) is 10.1. The second kappa shape index (κ2) is 4.28. The van der Waals surface area contributed by atoms with Crippen LogP contribution in [0.25, 0.3) is 11.4 Å². The average Bonchev–Trinajstić information content (AvgIpc) is 2.81. The molecule has 0 unspecified atom stereocenters. The molecule has 2 heterocycles. The zero-order valence-electron chi connectivity index (χ0n) is 8.39. The monoisotopic (exact) mass is 236 g/mol. The maximum atomic E-state index is 11.5. The summed E-state index contributed by atoms with van der Waals surface area (Å²) < 4.78 is 4.45. The molecule has 0 fully saturated rings. The van der Waals surface area contributed by atoms with Crippen molar-refractivity contribution in [3.05, 3.63) is 38.9 Å². The lowest BCUT2D eigenvalue weighted by molar-refractivity contribution is 0.0598. The van der Waals surface area contributed by atoms with E-state index in [4.69, 9.17) is 0 Å². The largest absolute Gasteiger partial charge is 0.465 e. The van der Waals surface area contributed by atoms with E-state index in [2.05, 4.69) is 14.7 Å². The van der Waals surface area contributed by atoms with Gasteiger partial charge in [0.15, 0.2) is 0 Å². The number of ether oxygens (including phenoxy) is 1. The van der Waals surface area contributed by atoms with E-state index in [1.54, 1.807) is 0 Å². The molecule has 0 saturated carbocycles. The topological polar surface area (TPSA) is 72.0 Å². The third-order valence-corrected chi connectivity index (χ3v) is 2.68. The summed E-state index contributed by atoms with van der Waals surface area (Å²) in [7, 11) is 1.22. The Bertz CT molecular complexity index is 560. The second-order valence-electron chi connectivity index (χ2n) is 2.98. The van der Waals surface area contributed by atoms with E-state index in [1.165, 1.54) is 24.6 Å². The number of nitrogens with zero attached hydrogens (tertiary/aromatic N) is 1. The van der Waals surface area contributed by atoms with Crippen LogP contribution in [0.15, 0.2) is 27.8 Å². The number of thiophene rings is 1. The summed E-state index contributed by atoms with van der Waals surface area (Å²) in [6.45, 7) is 0. The SMILES string of the molecule is COC(=O)c1cnc(-c2ccsc2)[nH]c1=O. The lowest BCUT2D eigenvalue weighted by Gasteiger charge is -1.99. The molecule has 0 bridgehead atoms. The molecule has 0 spiro atoms. The summed E-state index contributed by atoms with van der Waals surface area (Å²) in [5, 5.41) is 3.74. The number of H-pyrrole nitrogens is 1. The highest BCUT2D eigenvalue weighted by Crippen LogP contribution is 2.16. The number of hydrogen-bond acceptors (Lipinski definition) is 5. The maximum absolute atomic E-state index is 11.5. The van der Waals surface area contributed by atoms with Gasteiger partial charge in [-0.1, -0.05) is 0 Å². The number of aromatic nitrogens is 2. The van der Waals surface area contributed by atoms with Crippen molar-refractivity contribution in [3.63, 3.8) is 0 Å². The second-order valence-corrected chi connectivity index (χ2v) is 3.76. The van der Waals surface area contributed by atoms with Crippen molar-refractivity contribution in [2.24, 2.45) is 0 Å². The molecule has 6 heteroatoms. The Balaban J connectivity index is 2.45. The quantitative estimate of drug-likeness (QED) is 0.797. The number of esters is 1. The van der Waals surface area contributed by atoms with Gasteiger partial charge in [-0.15, -0.1) is 0 Å². The van der Waals surface area contributed by atoms with Crippen LogP contribution in [0.5, 0.6) is 0 Å². The number of carbonyl (C=O) groups is 1. The number of hydrogen-bond donors (Lipinski definition) is 1. The standard InChI is InChI=1S/C10H8N2O3S/c1-15-10(14)7-4-11-8(12-9(7)13)6-2-3-16-5-6/h2-5H,1H3,(H,11,12,13). The predicted molar refractivity (Wildman–Crippen MR) is 59.5 cm³/mol. The molecule has 0 atom stereocenters. The summed E-state index contributed by atoms with van der Waals surface area (Å²) >= 11 is 1.50. The van der Waals surface area contributed by atoms with Crippen LogP contribution in [0.1, 0.15) is 10.4 Å². The third-order valence-electron chi connectivity index (χ3n) is 2.00. The van der Waals surface area contributed by atoms with E-state index in [9.17, 15) is 9.59 Å². The van der Waals surface area contributed by atoms with Crippen LogP contribution in [0.3, 0.4) is 0 Å². The minimum Gasteiger partial charge on any atom is -0.465 e. The molecular formula is C10H8N2O3S. The Morgan fingerprint density at radius 2 is 2.38 bits per heavy atom. The van der Waals surface area contributed by atoms with Crippen LogP contribution < -0.4 is 5.56 Å². The van der Waals surface area contributed by atoms with E-state index in [1.807, 2.05) is 16.8 Å². The first kappa shape index (κ1) is 10.6. The molecule has 0 amide bonds. The number of carbonyl (C=O) groups excluding carboxylic acids is 1. The van der Waals surface area contributed by atoms with Gasteiger partial charge in [-0.05, 0) is 11.4 Å². The number of nitrogens with one attached hydrogen (secondary N) is 1. The molecule has 0 saturated heterocycles. The van der Waals surface area contributed by atoms with Crippen LogP contribution in [-0.2, 0) is 4.74 Å². The Labute approximate surface area is 94.7 Å². The zero-order chi connectivity index (χ0) is 11.5. The van der Waals surface area contributed by atoms with E-state index in [0.29, 0.717) is 5.82 Å². The van der Waals surface area contributed by atoms with Crippen LogP contribution in [0.2, 0.25) is 0 Å². The van der Waals surface area contributed by atoms with Crippen LogP contribution in [0.4, 0.5) is 0 Å². The highest BCUT2D eigenvalue weighted by atomic mass is 32.1. The van der Waals surface area contributed by atoms with Gasteiger partial charge < -0.3 is 9.72 Å². The van der Waals surface area contributed by atoms with Crippen molar-refractivity contribution in [2.45, 2.75) is 0 Å². The number of aromatic amines is 1. The van der Waals surface area contributed by atoms with E-state index in [-0.39, 0.29) is 5.56 Å². The molecule has 1 N–H and O–H groups in total. The number of methoxy groups -OCH3 is 1. The van der Waals surface area contributed by atoms with Crippen molar-refractivity contribution in [3.8, 4) is 11.4 Å². The fourth-order valence-corrected chi connectivity index (χ4v) is 1.84. The molecule has 2 aromatic rings. The Hall–Kier alpha value is -1.95. The minimum absolute atomic E-state index is 0.0959. The summed E-state index contributed by atoms with van der Waals surface area (Å²) in [6, 6.07) is 1.83. The van der Waals surface area contributed by atoms with Crippen LogP contribution in [0, 0.1) is 0 Å². The number of rotatable bonds is 2. The van der Waals surface area contributed by atoms with Gasteiger partial charge in [-0.25, -0.2) is 9.78 Å². The van der Waals surface area contributed by atoms with Gasteiger partial charge >= 0.3 is 5.97 Å². The van der Waals surface area contributed by atoms with Crippen molar-refractivity contribution in [1.29, 1.82) is 0 Å². The zero-order valence-corrected chi connectivity index (χ0v) is 9.21. The van der Waals surface area contributed by atoms with Gasteiger partial charge in [0, 0.05) is 17.1 Å². The summed E-state index contributed by atoms with van der Waals surface area (Å²) in [6.07, 6.45) is 1.22. The van der Waals surface area contributed by atoms with E-state index >= 15 is 0 Å². The van der Waals surface area contributed by atoms with Crippen molar-refractivity contribution >= 4 is 17.3 Å². The minimum atomic E-state index is -0.689. The summed E-state index contributed by atoms with van der Waals surface area (Å²) in [5.74, 6) is -0.246. The highest BCUT2D eigenvalue weighted by Gasteiger charge is 2.12. The molecule has 16 heavy (non-hydrogen) atoms. The molecule has 0 radical (unpaired) electrons. The lowest BCUT2D eigenvalue weighted by Crippen LogP contribution is -2.19. The van der Waals surface area contributed by atoms with E-state index < -0.39 is 11.5 Å². The lowest BCUT2D eigenvalue weighted by atomic mass is 10.3. The molecular weight excluding hydrogens is 228 g/mol. The molecule has 0 aromatic carbocycles. The summed E-state index contributed by atoms with van der Waals surface area (Å²) in [5.41, 5.74) is 0.225. The first-order valence-corrected chi connectivity index (χ1v) is 5.37. The highest BCUT2D eigenvalue weighted by molar-refractivity contribution is 7.08. The van der Waals surface area contributed by atoms with Gasteiger partial charge in [0.2, 0.25) is 0 Å². The van der Waals surface area contributed by atoms with Crippen molar-refractivity contribution in [2.75, 3.05) is 7.11 Å². The predicted octanol–water partition coefficient (Wildman–Crippen LogP) is 1.28. The molecule has 5 nitrogen and oxygen atoms in total. The van der Waals surface area contributed by atoms with Gasteiger partial charge in [-0.3, -0.25) is 4.79 Å².